The molecule has 1 atom stereocenters. The summed E-state index contributed by atoms with van der Waals surface area (Å²) in [5.41, 5.74) is 1.29. The number of hydrogen-bond donors (Lipinski definition) is 3. The van der Waals surface area contributed by atoms with Crippen molar-refractivity contribution in [3.05, 3.63) is 64.7 Å². The highest BCUT2D eigenvalue weighted by Gasteiger charge is 2.31. The molecule has 0 saturated heterocycles. The number of carbonyl (C=O) groups excluding carboxylic acids is 5. The molecule has 0 radical (unpaired) electrons. The van der Waals surface area contributed by atoms with Gasteiger partial charge in [-0.2, -0.15) is 0 Å². The zero-order valence-electron chi connectivity index (χ0n) is 23.6. The Balaban J connectivity index is 1.45. The topological polar surface area (TPSA) is 140 Å². The lowest BCUT2D eigenvalue weighted by atomic mass is 9.83. The Morgan fingerprint density at radius 1 is 0.900 bits per heavy atom. The second-order valence-corrected chi connectivity index (χ2v) is 11.0. The van der Waals surface area contributed by atoms with Gasteiger partial charge in [-0.1, -0.05) is 50.2 Å². The van der Waals surface area contributed by atoms with Gasteiger partial charge < -0.3 is 25.4 Å². The first-order valence-electron chi connectivity index (χ1n) is 13.4. The van der Waals surface area contributed by atoms with Crippen LogP contribution in [0.1, 0.15) is 79.3 Å². The highest BCUT2D eigenvalue weighted by molar-refractivity contribution is 6.30. The van der Waals surface area contributed by atoms with Crippen LogP contribution in [0.25, 0.3) is 0 Å². The molecule has 0 unspecified atom stereocenters. The predicted molar refractivity (Wildman–Crippen MR) is 149 cm³/mol. The molecule has 0 saturated carbocycles. The zero-order valence-corrected chi connectivity index (χ0v) is 23.6. The van der Waals surface area contributed by atoms with E-state index in [4.69, 9.17) is 9.47 Å². The Morgan fingerprint density at radius 2 is 1.55 bits per heavy atom. The van der Waals surface area contributed by atoms with Crippen molar-refractivity contribution in [3.63, 3.8) is 0 Å². The molecule has 40 heavy (non-hydrogen) atoms. The van der Waals surface area contributed by atoms with Gasteiger partial charge in [-0.3, -0.25) is 19.2 Å². The quantitative estimate of drug-likeness (QED) is 0.241. The zero-order chi connectivity index (χ0) is 29.4. The first-order chi connectivity index (χ1) is 18.9. The van der Waals surface area contributed by atoms with E-state index in [0.717, 1.165) is 0 Å². The lowest BCUT2D eigenvalue weighted by Crippen LogP contribution is -2.49. The molecule has 10 heteroatoms. The number of rotatable bonds is 11. The van der Waals surface area contributed by atoms with E-state index < -0.39 is 29.6 Å². The largest absolute Gasteiger partial charge is 0.464 e. The molecule has 2 amide bonds. The maximum absolute atomic E-state index is 13.1. The van der Waals surface area contributed by atoms with Crippen LogP contribution in [0.3, 0.4) is 0 Å². The Morgan fingerprint density at radius 3 is 2.20 bits per heavy atom. The number of alkyl carbamates (subject to hydrolysis) is 1. The first-order valence-corrected chi connectivity index (χ1v) is 13.4. The van der Waals surface area contributed by atoms with Gasteiger partial charge in [0.1, 0.15) is 18.2 Å². The SMILES string of the molecule is CC(C)C[C@H](NC(=O)OC(C)(C)C)C(=O)NCC(=O)OCCCNc1cccc2c1C(=O)c1ccccc1C2=O. The smallest absolute Gasteiger partial charge is 0.408 e. The number of carbonyl (C=O) groups is 5. The Hall–Kier alpha value is -4.21. The van der Waals surface area contributed by atoms with Gasteiger partial charge in [0, 0.05) is 28.9 Å². The number of esters is 1. The summed E-state index contributed by atoms with van der Waals surface area (Å²) in [6, 6.07) is 11.0. The normalized spacial score (nSPS) is 13.2. The molecule has 10 nitrogen and oxygen atoms in total. The van der Waals surface area contributed by atoms with Crippen LogP contribution in [0.5, 0.6) is 0 Å². The van der Waals surface area contributed by atoms with Gasteiger partial charge in [-0.15, -0.1) is 0 Å². The first kappa shape index (κ1) is 30.3. The van der Waals surface area contributed by atoms with Crippen molar-refractivity contribution < 1.29 is 33.4 Å². The van der Waals surface area contributed by atoms with Crippen molar-refractivity contribution in [2.24, 2.45) is 5.92 Å². The summed E-state index contributed by atoms with van der Waals surface area (Å²) in [7, 11) is 0. The van der Waals surface area contributed by atoms with Crippen LogP contribution >= 0.6 is 0 Å². The van der Waals surface area contributed by atoms with E-state index in [0.29, 0.717) is 47.3 Å². The summed E-state index contributed by atoms with van der Waals surface area (Å²) in [4.78, 5) is 62.9. The summed E-state index contributed by atoms with van der Waals surface area (Å²) in [5.74, 6) is -1.42. The second-order valence-electron chi connectivity index (χ2n) is 11.0. The van der Waals surface area contributed by atoms with E-state index in [1.54, 1.807) is 63.2 Å². The maximum Gasteiger partial charge on any atom is 0.408 e. The molecule has 3 N–H and O–H groups in total. The number of amides is 2. The Labute approximate surface area is 234 Å². The van der Waals surface area contributed by atoms with E-state index in [1.165, 1.54) is 0 Å². The molecule has 1 aliphatic rings. The van der Waals surface area contributed by atoms with Crippen LogP contribution in [0, 0.1) is 5.92 Å². The summed E-state index contributed by atoms with van der Waals surface area (Å²) in [6.07, 6.45) is 0.0887. The molecule has 0 spiro atoms. The third-order valence-electron chi connectivity index (χ3n) is 5.97. The van der Waals surface area contributed by atoms with Crippen LogP contribution in [0.2, 0.25) is 0 Å². The molecular weight excluding hydrogens is 514 g/mol. The van der Waals surface area contributed by atoms with Crippen molar-refractivity contribution >= 4 is 35.2 Å². The fourth-order valence-corrected chi connectivity index (χ4v) is 4.26. The summed E-state index contributed by atoms with van der Waals surface area (Å²) >= 11 is 0. The Bertz CT molecular complexity index is 1280. The fraction of sp³-hybridized carbons (Fsp3) is 0.433. The fourth-order valence-electron chi connectivity index (χ4n) is 4.26. The standard InChI is InChI=1S/C30H37N3O7/c1-18(2)16-23(33-29(38)40-30(3,4)5)28(37)32-17-24(34)39-15-9-14-31-22-13-8-12-21-25(22)27(36)20-11-7-6-10-19(20)26(21)35/h6-8,10-13,18,23,31H,9,14-17H2,1-5H3,(H,32,37)(H,33,38)/t23-/m0/s1. The van der Waals surface area contributed by atoms with Crippen molar-refractivity contribution in [1.29, 1.82) is 0 Å². The molecule has 0 fully saturated rings. The predicted octanol–water partition coefficient (Wildman–Crippen LogP) is 3.86. The van der Waals surface area contributed by atoms with Gasteiger partial charge in [0.15, 0.2) is 11.6 Å². The average Bonchev–Trinajstić information content (AvgIpc) is 2.88. The van der Waals surface area contributed by atoms with Gasteiger partial charge in [0.25, 0.3) is 0 Å². The van der Waals surface area contributed by atoms with E-state index >= 15 is 0 Å². The minimum absolute atomic E-state index is 0.0814. The molecule has 0 bridgehead atoms. The van der Waals surface area contributed by atoms with Crippen molar-refractivity contribution in [2.75, 3.05) is 25.0 Å². The lowest BCUT2D eigenvalue weighted by molar-refractivity contribution is -0.144. The Kier molecular flexibility index (Phi) is 10.0. The third-order valence-corrected chi connectivity index (χ3v) is 5.97. The number of fused-ring (bicyclic) bond motifs is 2. The van der Waals surface area contributed by atoms with Crippen LogP contribution in [0.15, 0.2) is 42.5 Å². The van der Waals surface area contributed by atoms with E-state index in [9.17, 15) is 24.0 Å². The van der Waals surface area contributed by atoms with Crippen LogP contribution in [0.4, 0.5) is 10.5 Å². The maximum atomic E-state index is 13.1. The highest BCUT2D eigenvalue weighted by atomic mass is 16.6. The number of nitrogens with one attached hydrogen (secondary N) is 3. The molecule has 2 aromatic carbocycles. The molecule has 214 valence electrons. The van der Waals surface area contributed by atoms with E-state index in [2.05, 4.69) is 16.0 Å². The lowest BCUT2D eigenvalue weighted by Gasteiger charge is -2.24. The minimum atomic E-state index is -0.856. The van der Waals surface area contributed by atoms with Crippen LogP contribution in [-0.4, -0.2) is 60.9 Å². The van der Waals surface area contributed by atoms with Crippen molar-refractivity contribution in [1.82, 2.24) is 10.6 Å². The van der Waals surface area contributed by atoms with Crippen molar-refractivity contribution in [2.45, 2.75) is 59.1 Å². The number of ketones is 2. The molecule has 2 aromatic rings. The molecule has 0 heterocycles. The van der Waals surface area contributed by atoms with Gasteiger partial charge in [0.05, 0.1) is 12.2 Å². The van der Waals surface area contributed by atoms with Crippen molar-refractivity contribution in [3.8, 4) is 0 Å². The monoisotopic (exact) mass is 551 g/mol. The van der Waals surface area contributed by atoms with Gasteiger partial charge in [-0.05, 0) is 45.6 Å². The van der Waals surface area contributed by atoms with E-state index in [-0.39, 0.29) is 30.6 Å². The number of hydrogen-bond acceptors (Lipinski definition) is 8. The van der Waals surface area contributed by atoms with Gasteiger partial charge in [-0.25, -0.2) is 4.79 Å². The second kappa shape index (κ2) is 13.2. The molecule has 3 rings (SSSR count). The van der Waals surface area contributed by atoms with E-state index in [1.807, 2.05) is 13.8 Å². The van der Waals surface area contributed by atoms with Crippen LogP contribution < -0.4 is 16.0 Å². The molecule has 0 aromatic heterocycles. The summed E-state index contributed by atoms with van der Waals surface area (Å²) < 4.78 is 10.4. The van der Waals surface area contributed by atoms with Gasteiger partial charge in [0.2, 0.25) is 5.91 Å². The number of ether oxygens (including phenoxy) is 2. The highest BCUT2D eigenvalue weighted by Crippen LogP contribution is 2.31. The van der Waals surface area contributed by atoms with Crippen LogP contribution in [-0.2, 0) is 19.1 Å². The minimum Gasteiger partial charge on any atom is -0.464 e. The average molecular weight is 552 g/mol. The summed E-state index contributed by atoms with van der Waals surface area (Å²) in [6.45, 7) is 9.12. The third kappa shape index (κ3) is 8.14. The van der Waals surface area contributed by atoms with Gasteiger partial charge >= 0.3 is 12.1 Å². The summed E-state index contributed by atoms with van der Waals surface area (Å²) in [5, 5.41) is 8.22. The molecule has 0 aliphatic heterocycles. The molecule has 1 aliphatic carbocycles. The number of benzene rings is 2. The molecular formula is C30H37N3O7. The number of anilines is 1.